The molecule has 1 heterocycles. The highest BCUT2D eigenvalue weighted by Gasteiger charge is 2.27. The second-order valence-electron chi connectivity index (χ2n) is 4.60. The van der Waals surface area contributed by atoms with Gasteiger partial charge in [-0.3, -0.25) is 9.59 Å². The number of nitrogens with one attached hydrogen (secondary N) is 1. The van der Waals surface area contributed by atoms with Crippen LogP contribution in [0.2, 0.25) is 0 Å². The van der Waals surface area contributed by atoms with Crippen molar-refractivity contribution in [2.24, 2.45) is 5.92 Å². The van der Waals surface area contributed by atoms with E-state index in [0.29, 0.717) is 18.4 Å². The molecule has 1 aliphatic rings. The van der Waals surface area contributed by atoms with Crippen LogP contribution >= 0.6 is 43.2 Å². The van der Waals surface area contributed by atoms with Crippen molar-refractivity contribution < 1.29 is 14.7 Å². The van der Waals surface area contributed by atoms with Gasteiger partial charge in [0.25, 0.3) is 5.91 Å². The molecule has 104 valence electrons. The lowest BCUT2D eigenvalue weighted by Gasteiger charge is -2.26. The van der Waals surface area contributed by atoms with Gasteiger partial charge in [0, 0.05) is 6.04 Å². The molecule has 0 radical (unpaired) electrons. The van der Waals surface area contributed by atoms with E-state index >= 15 is 0 Å². The molecule has 1 aliphatic carbocycles. The van der Waals surface area contributed by atoms with Crippen LogP contribution in [0.25, 0.3) is 0 Å². The van der Waals surface area contributed by atoms with E-state index in [9.17, 15) is 9.59 Å². The number of carbonyl (C=O) groups is 2. The van der Waals surface area contributed by atoms with Crippen molar-refractivity contribution in [3.05, 3.63) is 19.2 Å². The third-order valence-corrected chi connectivity index (χ3v) is 5.65. The summed E-state index contributed by atoms with van der Waals surface area (Å²) in [5.41, 5.74) is 0.622. The summed E-state index contributed by atoms with van der Waals surface area (Å²) in [4.78, 5) is 22.9. The summed E-state index contributed by atoms with van der Waals surface area (Å²) < 4.78 is 1.70. The Bertz CT molecular complexity index is 495. The first-order valence-electron chi connectivity index (χ1n) is 5.96. The molecule has 19 heavy (non-hydrogen) atoms. The summed E-state index contributed by atoms with van der Waals surface area (Å²) in [5, 5.41) is 11.9. The summed E-state index contributed by atoms with van der Waals surface area (Å²) >= 11 is 8.16. The Morgan fingerprint density at radius 2 is 1.89 bits per heavy atom. The summed E-state index contributed by atoms with van der Waals surface area (Å²) in [5.74, 6) is -1.09. The topological polar surface area (TPSA) is 66.4 Å². The molecule has 0 spiro atoms. The van der Waals surface area contributed by atoms with E-state index < -0.39 is 5.97 Å². The molecule has 0 aromatic carbocycles. The van der Waals surface area contributed by atoms with Crippen molar-refractivity contribution in [2.45, 2.75) is 31.7 Å². The van der Waals surface area contributed by atoms with Crippen LogP contribution in [0, 0.1) is 5.92 Å². The lowest BCUT2D eigenvalue weighted by molar-refractivity contribution is -0.142. The van der Waals surface area contributed by atoms with Crippen molar-refractivity contribution in [3.63, 3.8) is 0 Å². The van der Waals surface area contributed by atoms with Gasteiger partial charge in [-0.15, -0.1) is 11.3 Å². The van der Waals surface area contributed by atoms with E-state index in [1.54, 1.807) is 6.07 Å². The summed E-state index contributed by atoms with van der Waals surface area (Å²) in [6.45, 7) is 0. The van der Waals surface area contributed by atoms with Crippen LogP contribution in [0.1, 0.15) is 36.0 Å². The maximum absolute atomic E-state index is 12.1. The minimum atomic E-state index is -0.728. The van der Waals surface area contributed by atoms with E-state index in [1.165, 1.54) is 11.3 Å². The Morgan fingerprint density at radius 3 is 2.37 bits per heavy atom. The molecule has 0 saturated heterocycles. The standard InChI is InChI=1S/C12H13Br2NO3S/c13-9-5-8(10(14)19-9)11(16)15-7-3-1-6(2-4-7)12(17)18/h5-7H,1-4H2,(H,15,16)(H,17,18). The molecule has 1 aromatic rings. The Kier molecular flexibility index (Phi) is 5.03. The Labute approximate surface area is 131 Å². The number of carboxylic acids is 1. The Hall–Kier alpha value is -0.400. The number of amides is 1. The highest BCUT2D eigenvalue weighted by molar-refractivity contribution is 9.12. The van der Waals surface area contributed by atoms with Gasteiger partial charge in [0.2, 0.25) is 0 Å². The highest BCUT2D eigenvalue weighted by atomic mass is 79.9. The number of carbonyl (C=O) groups excluding carboxylic acids is 1. The molecule has 0 atom stereocenters. The maximum Gasteiger partial charge on any atom is 0.306 e. The number of thiophene rings is 1. The smallest absolute Gasteiger partial charge is 0.306 e. The van der Waals surface area contributed by atoms with Crippen LogP contribution in [-0.2, 0) is 4.79 Å². The molecular formula is C12H13Br2NO3S. The second-order valence-corrected chi connectivity index (χ2v) is 8.35. The van der Waals surface area contributed by atoms with Crippen LogP contribution in [-0.4, -0.2) is 23.0 Å². The zero-order valence-electron chi connectivity index (χ0n) is 9.99. The predicted octanol–water partition coefficient (Wildman–Crippen LogP) is 3.65. The predicted molar refractivity (Wildman–Crippen MR) is 80.6 cm³/mol. The molecule has 2 N–H and O–H groups in total. The quantitative estimate of drug-likeness (QED) is 0.799. The molecule has 2 rings (SSSR count). The molecule has 1 aromatic heterocycles. The van der Waals surface area contributed by atoms with Gasteiger partial charge in [0.05, 0.1) is 19.1 Å². The average molecular weight is 411 g/mol. The number of hydrogen-bond donors (Lipinski definition) is 2. The fraction of sp³-hybridized carbons (Fsp3) is 0.500. The maximum atomic E-state index is 12.1. The minimum absolute atomic E-state index is 0.0775. The SMILES string of the molecule is O=C(NC1CCC(C(=O)O)CC1)c1cc(Br)sc1Br. The fourth-order valence-corrected chi connectivity index (χ4v) is 5.04. The van der Waals surface area contributed by atoms with Crippen molar-refractivity contribution in [1.82, 2.24) is 5.32 Å². The fourth-order valence-electron chi connectivity index (χ4n) is 2.24. The van der Waals surface area contributed by atoms with E-state index in [4.69, 9.17) is 5.11 Å². The number of rotatable bonds is 3. The monoisotopic (exact) mass is 409 g/mol. The average Bonchev–Trinajstić information content (AvgIpc) is 2.69. The zero-order chi connectivity index (χ0) is 14.0. The van der Waals surface area contributed by atoms with Gasteiger partial charge in [-0.25, -0.2) is 0 Å². The molecule has 0 unspecified atom stereocenters. The van der Waals surface area contributed by atoms with Gasteiger partial charge in [0.1, 0.15) is 0 Å². The summed E-state index contributed by atoms with van der Waals surface area (Å²) in [7, 11) is 0. The largest absolute Gasteiger partial charge is 0.481 e. The Balaban J connectivity index is 1.91. The van der Waals surface area contributed by atoms with E-state index in [2.05, 4.69) is 37.2 Å². The van der Waals surface area contributed by atoms with Gasteiger partial charge < -0.3 is 10.4 Å². The van der Waals surface area contributed by atoms with Gasteiger partial charge in [-0.1, -0.05) is 0 Å². The molecule has 7 heteroatoms. The number of aliphatic carboxylic acids is 1. The number of hydrogen-bond acceptors (Lipinski definition) is 3. The van der Waals surface area contributed by atoms with Crippen LogP contribution in [0.5, 0.6) is 0 Å². The molecular weight excluding hydrogens is 398 g/mol. The van der Waals surface area contributed by atoms with Gasteiger partial charge in [-0.05, 0) is 63.6 Å². The van der Waals surface area contributed by atoms with E-state index in [-0.39, 0.29) is 17.9 Å². The van der Waals surface area contributed by atoms with Crippen LogP contribution in [0.4, 0.5) is 0 Å². The first-order valence-corrected chi connectivity index (χ1v) is 8.36. The molecule has 1 fully saturated rings. The molecule has 0 aliphatic heterocycles. The minimum Gasteiger partial charge on any atom is -0.481 e. The first kappa shape index (κ1) is 15.0. The highest BCUT2D eigenvalue weighted by Crippen LogP contribution is 2.32. The molecule has 4 nitrogen and oxygen atoms in total. The van der Waals surface area contributed by atoms with Gasteiger partial charge >= 0.3 is 5.97 Å². The first-order chi connectivity index (χ1) is 8.97. The lowest BCUT2D eigenvalue weighted by Crippen LogP contribution is -2.38. The number of carboxylic acid groups (broad SMARTS) is 1. The van der Waals surface area contributed by atoms with Crippen molar-refractivity contribution >= 4 is 55.1 Å². The van der Waals surface area contributed by atoms with Gasteiger partial charge in [0.15, 0.2) is 0 Å². The van der Waals surface area contributed by atoms with Gasteiger partial charge in [-0.2, -0.15) is 0 Å². The number of halogens is 2. The molecule has 1 amide bonds. The Morgan fingerprint density at radius 1 is 1.26 bits per heavy atom. The van der Waals surface area contributed by atoms with Crippen LogP contribution < -0.4 is 5.32 Å². The summed E-state index contributed by atoms with van der Waals surface area (Å²) in [6, 6.07) is 1.86. The van der Waals surface area contributed by atoms with Crippen molar-refractivity contribution in [2.75, 3.05) is 0 Å². The summed E-state index contributed by atoms with van der Waals surface area (Å²) in [6.07, 6.45) is 2.72. The van der Waals surface area contributed by atoms with E-state index in [0.717, 1.165) is 20.4 Å². The normalized spacial score (nSPS) is 23.1. The second kappa shape index (κ2) is 6.37. The molecule has 0 bridgehead atoms. The van der Waals surface area contributed by atoms with Crippen LogP contribution in [0.15, 0.2) is 13.6 Å². The van der Waals surface area contributed by atoms with Crippen LogP contribution in [0.3, 0.4) is 0 Å². The van der Waals surface area contributed by atoms with Crippen molar-refractivity contribution in [3.8, 4) is 0 Å². The zero-order valence-corrected chi connectivity index (χ0v) is 14.0. The van der Waals surface area contributed by atoms with Crippen molar-refractivity contribution in [1.29, 1.82) is 0 Å². The third kappa shape index (κ3) is 3.79. The third-order valence-electron chi connectivity index (χ3n) is 3.31. The molecule has 1 saturated carbocycles. The van der Waals surface area contributed by atoms with E-state index in [1.807, 2.05) is 0 Å². The lowest BCUT2D eigenvalue weighted by atomic mass is 9.86.